The number of rotatable bonds is 9. The largest absolute Gasteiger partial charge is 0.497 e. The Morgan fingerprint density at radius 3 is 2.58 bits per heavy atom. The molecule has 4 rings (SSSR count). The number of carbonyl (C=O) groups is 2. The molecule has 1 N–H and O–H groups in total. The minimum absolute atomic E-state index is 0.0846. The Balaban J connectivity index is 1.49. The van der Waals surface area contributed by atoms with Gasteiger partial charge in [0.15, 0.2) is 5.78 Å². The third-order valence-electron chi connectivity index (χ3n) is 8.54. The maximum absolute atomic E-state index is 14.7. The van der Waals surface area contributed by atoms with Crippen molar-refractivity contribution in [3.8, 4) is 5.75 Å². The summed E-state index contributed by atoms with van der Waals surface area (Å²) in [6, 6.07) is 8.79. The van der Waals surface area contributed by atoms with Gasteiger partial charge in [0.2, 0.25) is 0 Å². The van der Waals surface area contributed by atoms with Crippen LogP contribution in [0.3, 0.4) is 0 Å². The molecule has 3 unspecified atom stereocenters. The van der Waals surface area contributed by atoms with Gasteiger partial charge in [0.25, 0.3) is 5.91 Å². The highest BCUT2D eigenvalue weighted by molar-refractivity contribution is 5.98. The first kappa shape index (κ1) is 29.8. The highest BCUT2D eigenvalue weighted by Crippen LogP contribution is 2.31. The predicted octanol–water partition coefficient (Wildman–Crippen LogP) is 4.60. The topological polar surface area (TPSA) is 67.9 Å². The van der Waals surface area contributed by atoms with E-state index in [1.165, 1.54) is 13.2 Å². The van der Waals surface area contributed by atoms with E-state index in [1.54, 1.807) is 19.2 Å². The van der Waals surface area contributed by atoms with Crippen LogP contribution < -0.4 is 20.5 Å². The van der Waals surface area contributed by atoms with Crippen LogP contribution in [-0.4, -0.2) is 56.5 Å². The van der Waals surface area contributed by atoms with Crippen LogP contribution in [0.4, 0.5) is 4.39 Å². The van der Waals surface area contributed by atoms with Crippen molar-refractivity contribution in [2.24, 2.45) is 11.8 Å². The molecule has 0 radical (unpaired) electrons. The van der Waals surface area contributed by atoms with Crippen LogP contribution >= 0.6 is 0 Å². The minimum atomic E-state index is -0.506. The second-order valence-electron chi connectivity index (χ2n) is 11.2. The molecule has 1 heterocycles. The normalized spacial score (nSPS) is 21.1. The van der Waals surface area contributed by atoms with Crippen LogP contribution in [0.1, 0.15) is 78.1 Å². The second kappa shape index (κ2) is 13.9. The maximum atomic E-state index is 14.7. The van der Waals surface area contributed by atoms with E-state index in [1.807, 2.05) is 19.1 Å². The molecule has 1 saturated carbocycles. The number of amides is 1. The molecule has 1 aliphatic heterocycles. The van der Waals surface area contributed by atoms with Gasteiger partial charge in [-0.15, -0.1) is 0 Å². The zero-order valence-corrected chi connectivity index (χ0v) is 24.3. The Hall–Kier alpha value is -3.19. The number of ketones is 1. The summed E-state index contributed by atoms with van der Waals surface area (Å²) in [4.78, 5) is 28.5. The molecule has 40 heavy (non-hydrogen) atoms. The van der Waals surface area contributed by atoms with E-state index in [4.69, 9.17) is 9.47 Å². The molecule has 1 amide bonds. The highest BCUT2D eigenvalue weighted by atomic mass is 19.1. The number of benzene rings is 2. The number of nitrogens with zero attached hydrogens (tertiary/aromatic N) is 1. The highest BCUT2D eigenvalue weighted by Gasteiger charge is 2.27. The summed E-state index contributed by atoms with van der Waals surface area (Å²) in [6.07, 6.45) is 11.1. The average molecular weight is 551 g/mol. The van der Waals surface area contributed by atoms with E-state index < -0.39 is 5.82 Å². The molecule has 2 aliphatic rings. The molecule has 6 nitrogen and oxygen atoms in total. The summed E-state index contributed by atoms with van der Waals surface area (Å²) in [5.41, 5.74) is 1.83. The Kier molecular flexibility index (Phi) is 10.4. The monoisotopic (exact) mass is 550 g/mol. The molecule has 1 aliphatic carbocycles. The van der Waals surface area contributed by atoms with Gasteiger partial charge in [-0.1, -0.05) is 25.0 Å². The predicted molar refractivity (Wildman–Crippen MR) is 156 cm³/mol. The molecular weight excluding hydrogens is 507 g/mol. The fraction of sp³-hybridized carbons (Fsp3) is 0.515. The third kappa shape index (κ3) is 7.11. The average Bonchev–Trinajstić information content (AvgIpc) is 3.09. The fourth-order valence-electron chi connectivity index (χ4n) is 6.00. The van der Waals surface area contributed by atoms with Crippen molar-refractivity contribution in [1.29, 1.82) is 0 Å². The molecule has 216 valence electrons. The fourth-order valence-corrected chi connectivity index (χ4v) is 6.00. The Bertz CT molecular complexity index is 1320. The lowest BCUT2D eigenvalue weighted by Gasteiger charge is -2.32. The van der Waals surface area contributed by atoms with E-state index in [9.17, 15) is 14.0 Å². The standard InChI is InChI=1S/C33H43FN2O4/c1-22-9-11-25-13-15-28(33(38)35-17-18-39-3)23(2)30(25)21-36(22)20-24-7-5-6-8-26(12-10-24)32(37)29-16-14-27(40-4)19-31(29)34/h11,13-16,19,21-22,24,26H,5-10,12,17-18,20H2,1-4H3,(H,35,38). The van der Waals surface area contributed by atoms with Gasteiger partial charge in [0.1, 0.15) is 11.6 Å². The number of fused-ring (bicyclic) bond motifs is 1. The lowest BCUT2D eigenvalue weighted by molar-refractivity contribution is 0.0882. The summed E-state index contributed by atoms with van der Waals surface area (Å²) < 4.78 is 24.8. The van der Waals surface area contributed by atoms with Crippen molar-refractivity contribution in [1.82, 2.24) is 10.2 Å². The quantitative estimate of drug-likeness (QED) is 0.365. The number of nitrogens with one attached hydrogen (secondary N) is 1. The number of Topliss-reactive ketones (excluding diaryl/α,β-unsaturated/α-hetero) is 1. The number of carbonyl (C=O) groups excluding carboxylic acids is 2. The smallest absolute Gasteiger partial charge is 0.251 e. The first-order valence-electron chi connectivity index (χ1n) is 14.5. The van der Waals surface area contributed by atoms with Crippen LogP contribution in [0.5, 0.6) is 5.75 Å². The molecule has 0 saturated heterocycles. The van der Waals surface area contributed by atoms with E-state index >= 15 is 0 Å². The molecular formula is C33H43FN2O4. The summed E-state index contributed by atoms with van der Waals surface area (Å²) in [6.45, 7) is 6.11. The van der Waals surface area contributed by atoms with E-state index in [2.05, 4.69) is 29.4 Å². The Morgan fingerprint density at radius 2 is 1.82 bits per heavy atom. The maximum Gasteiger partial charge on any atom is 0.251 e. The number of hydrogen-bond donors (Lipinski definition) is 1. The van der Waals surface area contributed by atoms with Crippen LogP contribution in [0, 0.1) is 24.6 Å². The van der Waals surface area contributed by atoms with Gasteiger partial charge in [-0.3, -0.25) is 9.59 Å². The minimum Gasteiger partial charge on any atom is -0.497 e. The first-order chi connectivity index (χ1) is 19.3. The van der Waals surface area contributed by atoms with Crippen molar-refractivity contribution >= 4 is 24.0 Å². The molecule has 3 atom stereocenters. The summed E-state index contributed by atoms with van der Waals surface area (Å²) in [5, 5.41) is 5.19. The summed E-state index contributed by atoms with van der Waals surface area (Å²) in [5.74, 6) is 0.0178. The van der Waals surface area contributed by atoms with Gasteiger partial charge >= 0.3 is 0 Å². The van der Waals surface area contributed by atoms with Gasteiger partial charge in [-0.2, -0.15) is 0 Å². The SMILES string of the molecule is COCCNC(=O)c1ccc2c(c1C)=CN(CC1CCCCC(C(=O)c3ccc(OC)cc3F)CC1)C(C)CC=2. The van der Waals surface area contributed by atoms with Crippen LogP contribution in [-0.2, 0) is 4.74 Å². The Morgan fingerprint density at radius 1 is 1.05 bits per heavy atom. The van der Waals surface area contributed by atoms with Crippen molar-refractivity contribution in [3.63, 3.8) is 0 Å². The molecule has 0 bridgehead atoms. The van der Waals surface area contributed by atoms with Gasteiger partial charge in [0.05, 0.1) is 19.3 Å². The lowest BCUT2D eigenvalue weighted by Crippen LogP contribution is -2.37. The van der Waals surface area contributed by atoms with E-state index in [0.29, 0.717) is 36.4 Å². The molecule has 2 aromatic rings. The van der Waals surface area contributed by atoms with Crippen LogP contribution in [0.25, 0.3) is 12.3 Å². The number of methoxy groups -OCH3 is 2. The van der Waals surface area contributed by atoms with Crippen molar-refractivity contribution in [3.05, 3.63) is 63.3 Å². The van der Waals surface area contributed by atoms with Crippen molar-refractivity contribution in [2.45, 2.75) is 64.8 Å². The van der Waals surface area contributed by atoms with Crippen LogP contribution in [0.2, 0.25) is 0 Å². The van der Waals surface area contributed by atoms with Crippen molar-refractivity contribution < 1.29 is 23.5 Å². The molecule has 0 aromatic heterocycles. The van der Waals surface area contributed by atoms with Crippen molar-refractivity contribution in [2.75, 3.05) is 33.9 Å². The molecule has 0 spiro atoms. The number of hydrogen-bond acceptors (Lipinski definition) is 5. The van der Waals surface area contributed by atoms with Gasteiger partial charge < -0.3 is 19.7 Å². The zero-order valence-electron chi connectivity index (χ0n) is 24.3. The second-order valence-corrected chi connectivity index (χ2v) is 11.2. The third-order valence-corrected chi connectivity index (χ3v) is 8.54. The molecule has 2 aromatic carbocycles. The molecule has 7 heteroatoms. The lowest BCUT2D eigenvalue weighted by atomic mass is 9.81. The Labute approximate surface area is 237 Å². The van der Waals surface area contributed by atoms with Crippen LogP contribution in [0.15, 0.2) is 30.3 Å². The van der Waals surface area contributed by atoms with Gasteiger partial charge in [-0.25, -0.2) is 4.39 Å². The zero-order chi connectivity index (χ0) is 28.6. The number of ether oxygens (including phenoxy) is 2. The molecule has 1 fully saturated rings. The van der Waals surface area contributed by atoms with Gasteiger partial charge in [-0.05, 0) is 80.9 Å². The van der Waals surface area contributed by atoms with Gasteiger partial charge in [0, 0.05) is 55.2 Å². The first-order valence-corrected chi connectivity index (χ1v) is 14.5. The summed E-state index contributed by atoms with van der Waals surface area (Å²) in [7, 11) is 3.11. The summed E-state index contributed by atoms with van der Waals surface area (Å²) >= 11 is 0. The van der Waals surface area contributed by atoms with E-state index in [-0.39, 0.29) is 23.2 Å². The van der Waals surface area contributed by atoms with E-state index in [0.717, 1.165) is 67.5 Å². The number of halogens is 1.